The van der Waals surface area contributed by atoms with E-state index >= 15 is 0 Å². The maximum Gasteiger partial charge on any atom is 0.327 e. The highest BCUT2D eigenvalue weighted by Crippen LogP contribution is 2.27. The highest BCUT2D eigenvalue weighted by Gasteiger charge is 2.32. The zero-order valence-electron chi connectivity index (χ0n) is 13.7. The number of carbonyl (C=O) groups is 1. The summed E-state index contributed by atoms with van der Waals surface area (Å²) in [7, 11) is 1.86. The molecule has 0 aliphatic carbocycles. The molecular weight excluding hydrogens is 311 g/mol. The van der Waals surface area contributed by atoms with Gasteiger partial charge in [0.05, 0.1) is 12.1 Å². The van der Waals surface area contributed by atoms with Gasteiger partial charge in [0.2, 0.25) is 5.91 Å². The van der Waals surface area contributed by atoms with Crippen molar-refractivity contribution in [3.05, 3.63) is 24.4 Å². The third-order valence-electron chi connectivity index (χ3n) is 4.68. The van der Waals surface area contributed by atoms with Gasteiger partial charge in [-0.3, -0.25) is 4.79 Å². The first kappa shape index (κ1) is 16.2. The molecule has 1 fully saturated rings. The fourth-order valence-electron chi connectivity index (χ4n) is 3.27. The zero-order chi connectivity index (χ0) is 17.3. The predicted molar refractivity (Wildman–Crippen MR) is 85.7 cm³/mol. The second-order valence-electron chi connectivity index (χ2n) is 6.16. The van der Waals surface area contributed by atoms with E-state index in [1.54, 1.807) is 17.2 Å². The Labute approximate surface area is 139 Å². The van der Waals surface area contributed by atoms with E-state index in [9.17, 15) is 9.18 Å². The molecule has 0 aromatic carbocycles. The van der Waals surface area contributed by atoms with Crippen molar-refractivity contribution in [2.75, 3.05) is 25.0 Å². The number of nitrogens with zero attached hydrogens (tertiary/aromatic N) is 6. The molecule has 7 nitrogen and oxygen atoms in total. The van der Waals surface area contributed by atoms with E-state index in [0.717, 1.165) is 6.42 Å². The molecule has 2 aromatic rings. The van der Waals surface area contributed by atoms with Crippen LogP contribution in [0.4, 0.5) is 10.2 Å². The van der Waals surface area contributed by atoms with Gasteiger partial charge in [-0.1, -0.05) is 6.92 Å². The molecule has 0 unspecified atom stereocenters. The molecule has 1 aliphatic heterocycles. The fourth-order valence-corrected chi connectivity index (χ4v) is 3.27. The topological polar surface area (TPSA) is 77.5 Å². The van der Waals surface area contributed by atoms with Crippen molar-refractivity contribution < 1.29 is 9.18 Å². The lowest BCUT2D eigenvalue weighted by atomic mass is 9.92. The molecule has 3 heterocycles. The second-order valence-corrected chi connectivity index (χ2v) is 6.16. The molecule has 0 N–H and O–H groups in total. The number of piperidine rings is 1. The number of aromatic nitrogens is 3. The second kappa shape index (κ2) is 6.43. The summed E-state index contributed by atoms with van der Waals surface area (Å²) in [6.45, 7) is 3.25. The first-order valence-electron chi connectivity index (χ1n) is 7.89. The molecule has 1 saturated heterocycles. The van der Waals surface area contributed by atoms with Crippen molar-refractivity contribution in [3.63, 3.8) is 0 Å². The van der Waals surface area contributed by atoms with Gasteiger partial charge in [-0.05, 0) is 24.5 Å². The minimum absolute atomic E-state index is 0.00519. The van der Waals surface area contributed by atoms with E-state index in [-0.39, 0.29) is 18.4 Å². The summed E-state index contributed by atoms with van der Waals surface area (Å²) in [4.78, 5) is 19.6. The first-order valence-corrected chi connectivity index (χ1v) is 7.89. The molecule has 0 bridgehead atoms. The van der Waals surface area contributed by atoms with Gasteiger partial charge in [0, 0.05) is 26.3 Å². The Kier molecular flexibility index (Phi) is 4.34. The lowest BCUT2D eigenvalue weighted by Crippen LogP contribution is -2.52. The number of likely N-dealkylation sites (tertiary alicyclic amines) is 1. The van der Waals surface area contributed by atoms with Gasteiger partial charge in [0.15, 0.2) is 5.82 Å². The van der Waals surface area contributed by atoms with Crippen molar-refractivity contribution in [1.29, 1.82) is 5.26 Å². The van der Waals surface area contributed by atoms with Gasteiger partial charge in [0.1, 0.15) is 11.9 Å². The predicted octanol–water partition coefficient (Wildman–Crippen LogP) is 1.46. The molecule has 2 atom stereocenters. The number of rotatable bonds is 3. The van der Waals surface area contributed by atoms with E-state index in [4.69, 9.17) is 5.26 Å². The molecule has 0 spiro atoms. The van der Waals surface area contributed by atoms with Crippen LogP contribution in [0.3, 0.4) is 0 Å². The number of halogens is 1. The van der Waals surface area contributed by atoms with Gasteiger partial charge in [-0.15, -0.1) is 5.10 Å². The van der Waals surface area contributed by atoms with Crippen LogP contribution in [0.1, 0.15) is 19.8 Å². The zero-order valence-corrected chi connectivity index (χ0v) is 13.7. The number of hydrogen-bond donors (Lipinski definition) is 0. The van der Waals surface area contributed by atoms with E-state index in [2.05, 4.69) is 17.0 Å². The van der Waals surface area contributed by atoms with Crippen molar-refractivity contribution in [3.8, 4) is 6.07 Å². The number of fused-ring (bicyclic) bond motifs is 1. The Balaban J connectivity index is 1.89. The molecule has 24 heavy (non-hydrogen) atoms. The van der Waals surface area contributed by atoms with Crippen LogP contribution in [0.25, 0.3) is 5.52 Å². The molecule has 1 aliphatic rings. The van der Waals surface area contributed by atoms with Crippen LogP contribution in [0, 0.1) is 23.3 Å². The smallest absolute Gasteiger partial charge is 0.327 e. The summed E-state index contributed by atoms with van der Waals surface area (Å²) in [6, 6.07) is 5.51. The Bertz CT molecular complexity index is 797. The monoisotopic (exact) mass is 330 g/mol. The summed E-state index contributed by atoms with van der Waals surface area (Å²) >= 11 is 0. The lowest BCUT2D eigenvalue weighted by Gasteiger charge is -2.42. The maximum absolute atomic E-state index is 13.7. The van der Waals surface area contributed by atoms with E-state index in [1.165, 1.54) is 4.52 Å². The van der Waals surface area contributed by atoms with Gasteiger partial charge in [-0.25, -0.2) is 4.52 Å². The van der Waals surface area contributed by atoms with Gasteiger partial charge in [0.25, 0.3) is 0 Å². The standard InChI is InChI=1S/C16H19FN6O/c1-11-6-9-22(14(24)5-7-18)10-13(11)21(2)15-12-4-3-8-23(12)20-16(17)19-15/h3-4,8,11,13H,5-6,9-10H2,1-2H3/t11-,13+/m1/s1. The van der Waals surface area contributed by atoms with E-state index in [1.807, 2.05) is 24.1 Å². The number of carbonyl (C=O) groups excluding carboxylic acids is 1. The average molecular weight is 330 g/mol. The molecule has 0 radical (unpaired) electrons. The van der Waals surface area contributed by atoms with Crippen molar-refractivity contribution in [2.24, 2.45) is 5.92 Å². The Hall–Kier alpha value is -2.69. The number of nitriles is 1. The summed E-state index contributed by atoms with van der Waals surface area (Å²) < 4.78 is 15.2. The van der Waals surface area contributed by atoms with E-state index < -0.39 is 6.08 Å². The van der Waals surface area contributed by atoms with Crippen molar-refractivity contribution in [1.82, 2.24) is 19.5 Å². The minimum Gasteiger partial charge on any atom is -0.353 e. The van der Waals surface area contributed by atoms with Gasteiger partial charge in [-0.2, -0.15) is 14.6 Å². The number of hydrogen-bond acceptors (Lipinski definition) is 5. The van der Waals surface area contributed by atoms with Crippen LogP contribution in [-0.4, -0.2) is 51.6 Å². The van der Waals surface area contributed by atoms with Crippen LogP contribution in [0.5, 0.6) is 0 Å². The lowest BCUT2D eigenvalue weighted by molar-refractivity contribution is -0.131. The number of likely N-dealkylation sites (N-methyl/N-ethyl adjacent to an activating group) is 1. The van der Waals surface area contributed by atoms with Crippen LogP contribution in [-0.2, 0) is 4.79 Å². The Morgan fingerprint density at radius 1 is 1.58 bits per heavy atom. The molecular formula is C16H19FN6O. The molecule has 0 saturated carbocycles. The summed E-state index contributed by atoms with van der Waals surface area (Å²) in [6.07, 6.45) is 1.60. The molecule has 2 aromatic heterocycles. The van der Waals surface area contributed by atoms with Crippen LogP contribution >= 0.6 is 0 Å². The molecule has 8 heteroatoms. The highest BCUT2D eigenvalue weighted by molar-refractivity contribution is 5.78. The third-order valence-corrected chi connectivity index (χ3v) is 4.68. The van der Waals surface area contributed by atoms with Crippen LogP contribution < -0.4 is 4.90 Å². The molecule has 1 amide bonds. The van der Waals surface area contributed by atoms with E-state index in [0.29, 0.717) is 30.3 Å². The number of anilines is 1. The van der Waals surface area contributed by atoms with Gasteiger partial charge < -0.3 is 9.80 Å². The van der Waals surface area contributed by atoms with Crippen LogP contribution in [0.15, 0.2) is 18.3 Å². The number of amides is 1. The summed E-state index contributed by atoms with van der Waals surface area (Å²) in [5, 5.41) is 12.5. The maximum atomic E-state index is 13.7. The van der Waals surface area contributed by atoms with Gasteiger partial charge >= 0.3 is 6.08 Å². The fraction of sp³-hybridized carbons (Fsp3) is 0.500. The van der Waals surface area contributed by atoms with Crippen LogP contribution in [0.2, 0.25) is 0 Å². The normalized spacial score (nSPS) is 20.8. The minimum atomic E-state index is -0.790. The highest BCUT2D eigenvalue weighted by atomic mass is 19.1. The average Bonchev–Trinajstić information content (AvgIpc) is 3.02. The Morgan fingerprint density at radius 3 is 3.12 bits per heavy atom. The first-order chi connectivity index (χ1) is 11.5. The quantitative estimate of drug-likeness (QED) is 0.851. The third kappa shape index (κ3) is 2.89. The summed E-state index contributed by atoms with van der Waals surface area (Å²) in [5.41, 5.74) is 0.714. The van der Waals surface area contributed by atoms with Crippen molar-refractivity contribution >= 4 is 17.2 Å². The van der Waals surface area contributed by atoms with Crippen molar-refractivity contribution in [2.45, 2.75) is 25.8 Å². The summed E-state index contributed by atoms with van der Waals surface area (Å²) in [5.74, 6) is 0.651. The molecule has 126 valence electrons. The molecule has 3 rings (SSSR count). The SMILES string of the molecule is C[C@@H]1CCN(C(=O)CC#N)C[C@@H]1N(C)c1nc(F)nn2cccc12. The largest absolute Gasteiger partial charge is 0.353 e. The Morgan fingerprint density at radius 2 is 2.38 bits per heavy atom.